The topological polar surface area (TPSA) is 62.1 Å². The van der Waals surface area contributed by atoms with Gasteiger partial charge < -0.3 is 10.1 Å². The Morgan fingerprint density at radius 3 is 2.68 bits per heavy atom. The van der Waals surface area contributed by atoms with Gasteiger partial charge in [0.2, 0.25) is 0 Å². The second kappa shape index (κ2) is 8.57. The van der Waals surface area contributed by atoms with E-state index in [1.54, 1.807) is 36.4 Å². The molecule has 2 rings (SSSR count). The minimum Gasteiger partial charge on any atom is -0.493 e. The summed E-state index contributed by atoms with van der Waals surface area (Å²) in [6, 6.07) is 12.1. The summed E-state index contributed by atoms with van der Waals surface area (Å²) >= 11 is 12.1. The molecule has 0 aromatic heterocycles. The number of carbonyl (C=O) groups excluding carboxylic acids is 1. The molecule has 0 fully saturated rings. The predicted octanol–water partition coefficient (Wildman–Crippen LogP) is 5.25. The van der Waals surface area contributed by atoms with Gasteiger partial charge in [-0.25, -0.2) is 0 Å². The van der Waals surface area contributed by atoms with Gasteiger partial charge in [-0.15, -0.1) is 0 Å². The van der Waals surface area contributed by atoms with Gasteiger partial charge >= 0.3 is 0 Å². The number of anilines is 1. The van der Waals surface area contributed by atoms with Gasteiger partial charge in [-0.1, -0.05) is 29.3 Å². The number of hydrogen-bond donors (Lipinski definition) is 1. The Labute approximate surface area is 156 Å². The van der Waals surface area contributed by atoms with Gasteiger partial charge in [0.25, 0.3) is 5.91 Å². The molecule has 6 heteroatoms. The lowest BCUT2D eigenvalue weighted by atomic mass is 10.1. The highest BCUT2D eigenvalue weighted by Crippen LogP contribution is 2.26. The molecule has 0 bridgehead atoms. The monoisotopic (exact) mass is 374 g/mol. The highest BCUT2D eigenvalue weighted by Gasteiger charge is 2.12. The Hall–Kier alpha value is -2.48. The zero-order valence-corrected chi connectivity index (χ0v) is 15.3. The van der Waals surface area contributed by atoms with E-state index in [0.717, 1.165) is 5.56 Å². The molecule has 1 N–H and O–H groups in total. The first-order valence-electron chi connectivity index (χ1n) is 7.56. The van der Waals surface area contributed by atoms with Crippen molar-refractivity contribution < 1.29 is 9.53 Å². The largest absolute Gasteiger partial charge is 0.493 e. The van der Waals surface area contributed by atoms with Crippen molar-refractivity contribution in [1.29, 1.82) is 5.26 Å². The van der Waals surface area contributed by atoms with E-state index >= 15 is 0 Å². The van der Waals surface area contributed by atoms with Crippen LogP contribution in [0.5, 0.6) is 5.75 Å². The Bertz CT molecular complexity index is 870. The van der Waals surface area contributed by atoms with E-state index in [-0.39, 0.29) is 5.57 Å². The van der Waals surface area contributed by atoms with Crippen LogP contribution in [0.15, 0.2) is 42.0 Å². The highest BCUT2D eigenvalue weighted by atomic mass is 35.5. The standard InChI is InChI=1S/C19H16Cl2N2O2/c1-3-25-18-7-5-15(20)9-13(18)8-14(11-22)19(24)23-16-6-4-12(2)17(21)10-16/h4-10H,3H2,1-2H3,(H,23,24)/b14-8+. The maximum atomic E-state index is 12.4. The molecule has 128 valence electrons. The molecule has 0 unspecified atom stereocenters. The van der Waals surface area contributed by atoms with Crippen LogP contribution >= 0.6 is 23.2 Å². The van der Waals surface area contributed by atoms with E-state index in [2.05, 4.69) is 5.32 Å². The van der Waals surface area contributed by atoms with E-state index in [1.165, 1.54) is 6.08 Å². The Morgan fingerprint density at radius 1 is 1.28 bits per heavy atom. The number of rotatable bonds is 5. The molecule has 25 heavy (non-hydrogen) atoms. The first-order chi connectivity index (χ1) is 11.9. The van der Waals surface area contributed by atoms with Gasteiger partial charge in [-0.3, -0.25) is 4.79 Å². The van der Waals surface area contributed by atoms with Crippen LogP contribution in [0.25, 0.3) is 6.08 Å². The van der Waals surface area contributed by atoms with E-state index in [9.17, 15) is 10.1 Å². The third-order valence-corrected chi connectivity index (χ3v) is 4.01. The van der Waals surface area contributed by atoms with Crippen molar-refractivity contribution in [2.24, 2.45) is 0 Å². The van der Waals surface area contributed by atoms with Crippen LogP contribution in [0, 0.1) is 18.3 Å². The quantitative estimate of drug-likeness (QED) is 0.574. The van der Waals surface area contributed by atoms with Gasteiger partial charge in [0.1, 0.15) is 17.4 Å². The summed E-state index contributed by atoms with van der Waals surface area (Å²) in [5.41, 5.74) is 1.90. The molecule has 2 aromatic carbocycles. The van der Waals surface area contributed by atoms with Crippen LogP contribution in [-0.4, -0.2) is 12.5 Å². The number of nitrogens with zero attached hydrogens (tertiary/aromatic N) is 1. The lowest BCUT2D eigenvalue weighted by Gasteiger charge is -2.09. The molecule has 0 heterocycles. The Balaban J connectivity index is 2.31. The molecule has 0 atom stereocenters. The van der Waals surface area contributed by atoms with Crippen molar-refractivity contribution in [3.05, 3.63) is 63.1 Å². The van der Waals surface area contributed by atoms with E-state index < -0.39 is 5.91 Å². The summed E-state index contributed by atoms with van der Waals surface area (Å²) in [4.78, 5) is 12.4. The van der Waals surface area contributed by atoms with Gasteiger partial charge in [-0.2, -0.15) is 5.26 Å². The van der Waals surface area contributed by atoms with Crippen molar-refractivity contribution in [1.82, 2.24) is 0 Å². The van der Waals surface area contributed by atoms with Crippen LogP contribution in [0.1, 0.15) is 18.1 Å². The van der Waals surface area contributed by atoms with Crippen LogP contribution in [-0.2, 0) is 4.79 Å². The molecule has 0 aliphatic heterocycles. The predicted molar refractivity (Wildman–Crippen MR) is 101 cm³/mol. The molecular weight excluding hydrogens is 359 g/mol. The van der Waals surface area contributed by atoms with Crippen LogP contribution < -0.4 is 10.1 Å². The third-order valence-electron chi connectivity index (χ3n) is 3.37. The number of nitrogens with one attached hydrogen (secondary N) is 1. The molecule has 1 amide bonds. The number of nitriles is 1. The fourth-order valence-corrected chi connectivity index (χ4v) is 2.45. The number of carbonyl (C=O) groups is 1. The maximum Gasteiger partial charge on any atom is 0.266 e. The zero-order valence-electron chi connectivity index (χ0n) is 13.8. The van der Waals surface area contributed by atoms with E-state index in [4.69, 9.17) is 27.9 Å². The summed E-state index contributed by atoms with van der Waals surface area (Å²) < 4.78 is 5.50. The lowest BCUT2D eigenvalue weighted by molar-refractivity contribution is -0.112. The molecule has 0 spiro atoms. The maximum absolute atomic E-state index is 12.4. The highest BCUT2D eigenvalue weighted by molar-refractivity contribution is 6.31. The first-order valence-corrected chi connectivity index (χ1v) is 8.31. The van der Waals surface area contributed by atoms with Gasteiger partial charge in [0, 0.05) is 21.3 Å². The number of aryl methyl sites for hydroxylation is 1. The Kier molecular flexibility index (Phi) is 6.46. The van der Waals surface area contributed by atoms with Crippen LogP contribution in [0.3, 0.4) is 0 Å². The zero-order chi connectivity index (χ0) is 18.4. The normalized spacial score (nSPS) is 10.9. The van der Waals surface area contributed by atoms with Gasteiger partial charge in [-0.05, 0) is 55.8 Å². The molecule has 2 aromatic rings. The van der Waals surface area contributed by atoms with Crippen LogP contribution in [0.4, 0.5) is 5.69 Å². The second-order valence-corrected chi connectivity index (χ2v) is 6.05. The van der Waals surface area contributed by atoms with E-state index in [1.807, 2.05) is 19.9 Å². The number of benzene rings is 2. The van der Waals surface area contributed by atoms with Crippen molar-refractivity contribution in [2.75, 3.05) is 11.9 Å². The number of ether oxygens (including phenoxy) is 1. The van der Waals surface area contributed by atoms with Gasteiger partial charge in [0.05, 0.1) is 6.61 Å². The second-order valence-electron chi connectivity index (χ2n) is 5.20. The van der Waals surface area contributed by atoms with Gasteiger partial charge in [0.15, 0.2) is 0 Å². The number of hydrogen-bond acceptors (Lipinski definition) is 3. The van der Waals surface area contributed by atoms with Crippen molar-refractivity contribution >= 4 is 40.9 Å². The molecule has 0 aliphatic rings. The molecule has 0 aliphatic carbocycles. The lowest BCUT2D eigenvalue weighted by Crippen LogP contribution is -2.13. The first kappa shape index (κ1) is 18.9. The smallest absolute Gasteiger partial charge is 0.266 e. The molecule has 4 nitrogen and oxygen atoms in total. The van der Waals surface area contributed by atoms with Crippen molar-refractivity contribution in [3.8, 4) is 11.8 Å². The SMILES string of the molecule is CCOc1ccc(Cl)cc1/C=C(\C#N)C(=O)Nc1ccc(C)c(Cl)c1. The summed E-state index contributed by atoms with van der Waals surface area (Å²) in [5, 5.41) is 13.0. The van der Waals surface area contributed by atoms with Crippen LogP contribution in [0.2, 0.25) is 10.0 Å². The van der Waals surface area contributed by atoms with Crippen molar-refractivity contribution in [2.45, 2.75) is 13.8 Å². The number of halogens is 2. The fourth-order valence-electron chi connectivity index (χ4n) is 2.09. The summed E-state index contributed by atoms with van der Waals surface area (Å²) in [7, 11) is 0. The molecular formula is C19H16Cl2N2O2. The van der Waals surface area contributed by atoms with E-state index in [0.29, 0.717) is 33.7 Å². The van der Waals surface area contributed by atoms with Crippen molar-refractivity contribution in [3.63, 3.8) is 0 Å². The minimum atomic E-state index is -0.537. The molecule has 0 saturated carbocycles. The molecule has 0 saturated heterocycles. The summed E-state index contributed by atoms with van der Waals surface area (Å²) in [6.45, 7) is 4.17. The Morgan fingerprint density at radius 2 is 2.04 bits per heavy atom. The third kappa shape index (κ3) is 4.99. The number of amides is 1. The minimum absolute atomic E-state index is 0.0695. The summed E-state index contributed by atoms with van der Waals surface area (Å²) in [5.74, 6) is 0.00988. The fraction of sp³-hybridized carbons (Fsp3) is 0.158. The average Bonchev–Trinajstić information content (AvgIpc) is 2.58. The average molecular weight is 375 g/mol. The summed E-state index contributed by atoms with van der Waals surface area (Å²) in [6.07, 6.45) is 1.45. The molecule has 0 radical (unpaired) electrons.